The van der Waals surface area contributed by atoms with Crippen LogP contribution in [0.25, 0.3) is 10.9 Å². The molecule has 0 aliphatic rings. The van der Waals surface area contributed by atoms with Crippen molar-refractivity contribution in [1.29, 1.82) is 0 Å². The van der Waals surface area contributed by atoms with Crippen LogP contribution in [0.3, 0.4) is 0 Å². The number of para-hydroxylation sites is 1. The van der Waals surface area contributed by atoms with Gasteiger partial charge in [0.25, 0.3) is 0 Å². The van der Waals surface area contributed by atoms with E-state index in [0.29, 0.717) is 0 Å². The van der Waals surface area contributed by atoms with E-state index in [1.807, 2.05) is 18.7 Å². The van der Waals surface area contributed by atoms with Gasteiger partial charge >= 0.3 is 0 Å². The lowest BCUT2D eigenvalue weighted by atomic mass is 9.97. The molecule has 4 nitrogen and oxygen atoms in total. The van der Waals surface area contributed by atoms with Crippen molar-refractivity contribution in [3.05, 3.63) is 84.6 Å². The van der Waals surface area contributed by atoms with E-state index in [9.17, 15) is 0 Å². The molecule has 4 heteroatoms. The van der Waals surface area contributed by atoms with Crippen LogP contribution in [0.5, 0.6) is 0 Å². The highest BCUT2D eigenvalue weighted by molar-refractivity contribution is 5.84. The number of benzene rings is 2. The molecule has 0 radical (unpaired) electrons. The first kappa shape index (κ1) is 14.6. The molecule has 1 unspecified atom stereocenters. The van der Waals surface area contributed by atoms with Gasteiger partial charge in [0.15, 0.2) is 0 Å². The molecule has 0 amide bonds. The van der Waals surface area contributed by atoms with Gasteiger partial charge in [0.05, 0.1) is 12.4 Å². The van der Waals surface area contributed by atoms with Crippen LogP contribution >= 0.6 is 0 Å². The monoisotopic (exact) mass is 316 g/mol. The zero-order valence-electron chi connectivity index (χ0n) is 13.8. The highest BCUT2D eigenvalue weighted by atomic mass is 15.1. The number of imidazole rings is 1. The maximum Gasteiger partial charge on any atom is 0.0954 e. The summed E-state index contributed by atoms with van der Waals surface area (Å²) in [6.07, 6.45) is 7.84. The number of hydrogen-bond donors (Lipinski definition) is 1. The van der Waals surface area contributed by atoms with E-state index in [1.165, 1.54) is 22.2 Å². The zero-order chi connectivity index (χ0) is 16.5. The fraction of sp³-hybridized carbons (Fsp3) is 0.150. The molecule has 2 aromatic carbocycles. The maximum absolute atomic E-state index is 4.25. The predicted molar refractivity (Wildman–Crippen MR) is 98.5 cm³/mol. The normalized spacial score (nSPS) is 12.4. The van der Waals surface area contributed by atoms with Crippen molar-refractivity contribution >= 4 is 16.6 Å². The minimum absolute atomic E-state index is 0.0971. The second kappa shape index (κ2) is 5.89. The van der Waals surface area contributed by atoms with Crippen LogP contribution in [0.1, 0.15) is 17.2 Å². The average molecular weight is 316 g/mol. The lowest BCUT2D eigenvalue weighted by Crippen LogP contribution is -2.12. The minimum atomic E-state index is 0.0971. The van der Waals surface area contributed by atoms with E-state index >= 15 is 0 Å². The van der Waals surface area contributed by atoms with Crippen LogP contribution < -0.4 is 4.90 Å². The van der Waals surface area contributed by atoms with Gasteiger partial charge in [-0.05, 0) is 23.8 Å². The van der Waals surface area contributed by atoms with E-state index in [1.54, 1.807) is 0 Å². The molecule has 120 valence electrons. The fourth-order valence-electron chi connectivity index (χ4n) is 3.21. The van der Waals surface area contributed by atoms with Crippen molar-refractivity contribution in [2.75, 3.05) is 19.0 Å². The Morgan fingerprint density at radius 3 is 2.54 bits per heavy atom. The Hall–Kier alpha value is -3.01. The number of fused-ring (bicyclic) bond motifs is 1. The van der Waals surface area contributed by atoms with Gasteiger partial charge in [-0.25, -0.2) is 4.98 Å². The molecule has 0 aliphatic heterocycles. The van der Waals surface area contributed by atoms with E-state index in [2.05, 4.69) is 88.3 Å². The Morgan fingerprint density at radius 1 is 1.04 bits per heavy atom. The number of aromatic amines is 1. The van der Waals surface area contributed by atoms with Gasteiger partial charge in [-0.15, -0.1) is 0 Å². The summed E-state index contributed by atoms with van der Waals surface area (Å²) >= 11 is 0. The first-order valence-corrected chi connectivity index (χ1v) is 8.05. The summed E-state index contributed by atoms with van der Waals surface area (Å²) < 4.78 is 2.15. The number of nitrogens with one attached hydrogen (secondary N) is 1. The Balaban J connectivity index is 1.86. The lowest BCUT2D eigenvalue weighted by molar-refractivity contribution is 0.681. The van der Waals surface area contributed by atoms with Crippen molar-refractivity contribution in [3.63, 3.8) is 0 Å². The van der Waals surface area contributed by atoms with Gasteiger partial charge in [0, 0.05) is 54.8 Å². The molecule has 4 rings (SSSR count). The summed E-state index contributed by atoms with van der Waals surface area (Å²) in [6.45, 7) is 0. The molecule has 24 heavy (non-hydrogen) atoms. The predicted octanol–water partition coefficient (Wildman–Crippen LogP) is 4.07. The number of H-pyrrole nitrogens is 1. The van der Waals surface area contributed by atoms with Crippen LogP contribution in [-0.2, 0) is 0 Å². The molecular formula is C20H20N4. The third-order valence-electron chi connectivity index (χ3n) is 4.46. The van der Waals surface area contributed by atoms with Crippen LogP contribution in [-0.4, -0.2) is 28.6 Å². The molecule has 0 bridgehead atoms. The first-order valence-electron chi connectivity index (χ1n) is 8.05. The van der Waals surface area contributed by atoms with E-state index in [0.717, 1.165) is 5.52 Å². The van der Waals surface area contributed by atoms with Crippen molar-refractivity contribution in [3.8, 4) is 0 Å². The number of nitrogens with zero attached hydrogens (tertiary/aromatic N) is 3. The fourth-order valence-corrected chi connectivity index (χ4v) is 3.21. The second-order valence-corrected chi connectivity index (χ2v) is 6.19. The van der Waals surface area contributed by atoms with E-state index in [4.69, 9.17) is 0 Å². The SMILES string of the molecule is CN(C)c1ccc(C(c2c[nH]c3ccccc23)n2ccnc2)cc1. The van der Waals surface area contributed by atoms with E-state index in [-0.39, 0.29) is 6.04 Å². The van der Waals surface area contributed by atoms with Crippen LogP contribution in [0, 0.1) is 0 Å². The van der Waals surface area contributed by atoms with E-state index < -0.39 is 0 Å². The molecule has 4 aromatic rings. The van der Waals surface area contributed by atoms with Gasteiger partial charge in [0.1, 0.15) is 0 Å². The number of anilines is 1. The molecule has 0 spiro atoms. The summed E-state index contributed by atoms with van der Waals surface area (Å²) in [6, 6.07) is 17.2. The van der Waals surface area contributed by atoms with Gasteiger partial charge in [-0.1, -0.05) is 30.3 Å². The maximum atomic E-state index is 4.25. The Morgan fingerprint density at radius 2 is 1.83 bits per heavy atom. The third-order valence-corrected chi connectivity index (χ3v) is 4.46. The van der Waals surface area contributed by atoms with Gasteiger partial charge in [-0.3, -0.25) is 0 Å². The quantitative estimate of drug-likeness (QED) is 0.616. The molecular weight excluding hydrogens is 296 g/mol. The minimum Gasteiger partial charge on any atom is -0.378 e. The summed E-state index contributed by atoms with van der Waals surface area (Å²) in [5.74, 6) is 0. The highest BCUT2D eigenvalue weighted by Gasteiger charge is 2.19. The van der Waals surface area contributed by atoms with Gasteiger partial charge < -0.3 is 14.5 Å². The zero-order valence-corrected chi connectivity index (χ0v) is 13.8. The Bertz CT molecular complexity index is 933. The largest absolute Gasteiger partial charge is 0.378 e. The third kappa shape index (κ3) is 2.46. The number of rotatable bonds is 4. The highest BCUT2D eigenvalue weighted by Crippen LogP contribution is 2.32. The smallest absolute Gasteiger partial charge is 0.0954 e. The van der Waals surface area contributed by atoms with Crippen LogP contribution in [0.4, 0.5) is 5.69 Å². The van der Waals surface area contributed by atoms with Crippen molar-refractivity contribution in [2.24, 2.45) is 0 Å². The second-order valence-electron chi connectivity index (χ2n) is 6.19. The Labute approximate surface area is 141 Å². The summed E-state index contributed by atoms with van der Waals surface area (Å²) in [4.78, 5) is 9.75. The molecule has 0 saturated carbocycles. The van der Waals surface area contributed by atoms with Crippen molar-refractivity contribution in [1.82, 2.24) is 14.5 Å². The number of aromatic nitrogens is 3. The summed E-state index contributed by atoms with van der Waals surface area (Å²) in [5.41, 5.74) is 4.84. The topological polar surface area (TPSA) is 36.9 Å². The summed E-state index contributed by atoms with van der Waals surface area (Å²) in [5, 5.41) is 1.24. The average Bonchev–Trinajstić information content (AvgIpc) is 3.27. The van der Waals surface area contributed by atoms with Crippen molar-refractivity contribution < 1.29 is 0 Å². The molecule has 2 aromatic heterocycles. The standard InChI is InChI=1S/C20H20N4/c1-23(2)16-9-7-15(8-10-16)20(24-12-11-21-14-24)18-13-22-19-6-4-3-5-17(18)19/h3-14,20,22H,1-2H3. The molecule has 0 saturated heterocycles. The number of hydrogen-bond acceptors (Lipinski definition) is 2. The molecule has 0 fully saturated rings. The Kier molecular flexibility index (Phi) is 3.58. The molecule has 1 N–H and O–H groups in total. The van der Waals surface area contributed by atoms with Gasteiger partial charge in [0.2, 0.25) is 0 Å². The lowest BCUT2D eigenvalue weighted by Gasteiger charge is -2.20. The first-order chi connectivity index (χ1) is 11.7. The molecule has 2 heterocycles. The molecule has 1 atom stereocenters. The van der Waals surface area contributed by atoms with Crippen LogP contribution in [0.15, 0.2) is 73.4 Å². The van der Waals surface area contributed by atoms with Crippen LogP contribution in [0.2, 0.25) is 0 Å². The summed E-state index contributed by atoms with van der Waals surface area (Å²) in [7, 11) is 4.12. The van der Waals surface area contributed by atoms with Gasteiger partial charge in [-0.2, -0.15) is 0 Å². The van der Waals surface area contributed by atoms with Crippen molar-refractivity contribution in [2.45, 2.75) is 6.04 Å². The molecule has 0 aliphatic carbocycles.